The maximum atomic E-state index is 11.3. The Morgan fingerprint density at radius 2 is 1.84 bits per heavy atom. The molecule has 0 radical (unpaired) electrons. The Morgan fingerprint density at radius 1 is 1.11 bits per heavy atom. The number of para-hydroxylation sites is 1. The van der Waals surface area contributed by atoms with Crippen molar-refractivity contribution in [2.24, 2.45) is 10.7 Å². The molecule has 0 unspecified atom stereocenters. The van der Waals surface area contributed by atoms with Crippen LogP contribution in [0, 0.1) is 13.8 Å². The van der Waals surface area contributed by atoms with Gasteiger partial charge in [-0.1, -0.05) is 30.3 Å². The van der Waals surface area contributed by atoms with Crippen molar-refractivity contribution in [3.8, 4) is 0 Å². The van der Waals surface area contributed by atoms with Crippen molar-refractivity contribution in [2.45, 2.75) is 13.8 Å². The summed E-state index contributed by atoms with van der Waals surface area (Å²) in [5, 5.41) is 0. The van der Waals surface area contributed by atoms with Gasteiger partial charge in [-0.05, 0) is 42.7 Å². The standard InChI is InChI=1S/C16H16N2O/c1-11-6-5-7-13(12(11)2)10-18-15-9-4-3-8-14(15)16(17)19/h3-10H,1-2H3,(H2,17,19)/b18-10+. The first-order chi connectivity index (χ1) is 9.09. The first kappa shape index (κ1) is 13.0. The molecule has 0 aliphatic carbocycles. The second-order valence-electron chi connectivity index (χ2n) is 4.43. The topological polar surface area (TPSA) is 55.4 Å². The fourth-order valence-electron chi connectivity index (χ4n) is 1.85. The van der Waals surface area contributed by atoms with Crippen molar-refractivity contribution in [3.05, 3.63) is 64.7 Å². The molecule has 2 N–H and O–H groups in total. The lowest BCUT2D eigenvalue weighted by Gasteiger charge is -2.04. The van der Waals surface area contributed by atoms with Crippen LogP contribution in [-0.4, -0.2) is 12.1 Å². The highest BCUT2D eigenvalue weighted by molar-refractivity contribution is 5.99. The van der Waals surface area contributed by atoms with E-state index in [0.29, 0.717) is 11.3 Å². The molecule has 0 heterocycles. The normalized spacial score (nSPS) is 10.8. The third-order valence-electron chi connectivity index (χ3n) is 3.16. The fourth-order valence-corrected chi connectivity index (χ4v) is 1.85. The zero-order chi connectivity index (χ0) is 13.8. The summed E-state index contributed by atoms with van der Waals surface area (Å²) >= 11 is 0. The number of aliphatic imine (C=N–C) groups is 1. The third-order valence-corrected chi connectivity index (χ3v) is 3.16. The van der Waals surface area contributed by atoms with Gasteiger partial charge in [0.2, 0.25) is 0 Å². The monoisotopic (exact) mass is 252 g/mol. The summed E-state index contributed by atoms with van der Waals surface area (Å²) in [6.45, 7) is 4.11. The van der Waals surface area contributed by atoms with E-state index in [1.165, 1.54) is 11.1 Å². The summed E-state index contributed by atoms with van der Waals surface area (Å²) in [5.41, 5.74) is 9.79. The predicted octanol–water partition coefficient (Wildman–Crippen LogP) is 3.15. The molecule has 0 saturated carbocycles. The van der Waals surface area contributed by atoms with Gasteiger partial charge in [-0.15, -0.1) is 0 Å². The second-order valence-corrected chi connectivity index (χ2v) is 4.43. The number of nitrogens with zero attached hydrogens (tertiary/aromatic N) is 1. The molecule has 0 spiro atoms. The lowest BCUT2D eigenvalue weighted by Crippen LogP contribution is -2.10. The molecule has 0 bridgehead atoms. The summed E-state index contributed by atoms with van der Waals surface area (Å²) in [6.07, 6.45) is 1.77. The summed E-state index contributed by atoms with van der Waals surface area (Å²) in [5.74, 6) is -0.464. The molecule has 1 amide bonds. The number of hydrogen-bond acceptors (Lipinski definition) is 2. The van der Waals surface area contributed by atoms with Crippen molar-refractivity contribution in [1.82, 2.24) is 0 Å². The Balaban J connectivity index is 2.38. The minimum Gasteiger partial charge on any atom is -0.366 e. The summed E-state index contributed by atoms with van der Waals surface area (Å²) in [4.78, 5) is 15.7. The van der Waals surface area contributed by atoms with Gasteiger partial charge in [0, 0.05) is 6.21 Å². The summed E-state index contributed by atoms with van der Waals surface area (Å²) in [6, 6.07) is 13.1. The first-order valence-electron chi connectivity index (χ1n) is 6.08. The SMILES string of the molecule is Cc1cccc(/C=N/c2ccccc2C(N)=O)c1C. The van der Waals surface area contributed by atoms with Crippen molar-refractivity contribution in [2.75, 3.05) is 0 Å². The van der Waals surface area contributed by atoms with Crippen LogP contribution in [0.4, 0.5) is 5.69 Å². The Labute approximate surface area is 112 Å². The predicted molar refractivity (Wildman–Crippen MR) is 78.1 cm³/mol. The molecule has 96 valence electrons. The molecule has 2 rings (SSSR count). The Kier molecular flexibility index (Phi) is 3.76. The van der Waals surface area contributed by atoms with E-state index in [-0.39, 0.29) is 0 Å². The maximum absolute atomic E-state index is 11.3. The molecule has 0 aromatic heterocycles. The van der Waals surface area contributed by atoms with E-state index < -0.39 is 5.91 Å². The summed E-state index contributed by atoms with van der Waals surface area (Å²) < 4.78 is 0. The minimum absolute atomic E-state index is 0.434. The molecular formula is C16H16N2O. The molecule has 3 heteroatoms. The van der Waals surface area contributed by atoms with Crippen LogP contribution in [0.1, 0.15) is 27.0 Å². The number of carbonyl (C=O) groups is 1. The van der Waals surface area contributed by atoms with Crippen LogP contribution >= 0.6 is 0 Å². The van der Waals surface area contributed by atoms with Gasteiger partial charge in [0.25, 0.3) is 5.91 Å². The highest BCUT2D eigenvalue weighted by atomic mass is 16.1. The van der Waals surface area contributed by atoms with Gasteiger partial charge >= 0.3 is 0 Å². The van der Waals surface area contributed by atoms with E-state index in [1.807, 2.05) is 18.2 Å². The van der Waals surface area contributed by atoms with E-state index in [9.17, 15) is 4.79 Å². The molecule has 0 aliphatic rings. The van der Waals surface area contributed by atoms with E-state index >= 15 is 0 Å². The number of nitrogens with two attached hydrogens (primary N) is 1. The quantitative estimate of drug-likeness (QED) is 0.838. The highest BCUT2D eigenvalue weighted by Gasteiger charge is 2.05. The average Bonchev–Trinajstić information content (AvgIpc) is 2.40. The van der Waals surface area contributed by atoms with Crippen molar-refractivity contribution >= 4 is 17.8 Å². The van der Waals surface area contributed by atoms with Gasteiger partial charge in [-0.3, -0.25) is 9.79 Å². The van der Waals surface area contributed by atoms with Crippen LogP contribution in [0.25, 0.3) is 0 Å². The number of primary amides is 1. The molecule has 2 aromatic rings. The van der Waals surface area contributed by atoms with E-state index in [0.717, 1.165) is 5.56 Å². The Bertz CT molecular complexity index is 645. The van der Waals surface area contributed by atoms with E-state index in [2.05, 4.69) is 24.9 Å². The van der Waals surface area contributed by atoms with Gasteiger partial charge in [-0.25, -0.2) is 0 Å². The lowest BCUT2D eigenvalue weighted by atomic mass is 10.0. The molecule has 0 saturated heterocycles. The smallest absolute Gasteiger partial charge is 0.250 e. The number of amides is 1. The van der Waals surface area contributed by atoms with Gasteiger partial charge < -0.3 is 5.73 Å². The zero-order valence-corrected chi connectivity index (χ0v) is 11.1. The van der Waals surface area contributed by atoms with Crippen LogP contribution in [0.3, 0.4) is 0 Å². The van der Waals surface area contributed by atoms with Crippen molar-refractivity contribution < 1.29 is 4.79 Å². The molecular weight excluding hydrogens is 236 g/mol. The second kappa shape index (κ2) is 5.48. The van der Waals surface area contributed by atoms with Crippen LogP contribution in [0.5, 0.6) is 0 Å². The summed E-state index contributed by atoms with van der Waals surface area (Å²) in [7, 11) is 0. The third kappa shape index (κ3) is 2.88. The van der Waals surface area contributed by atoms with Crippen molar-refractivity contribution in [3.63, 3.8) is 0 Å². The van der Waals surface area contributed by atoms with Crippen LogP contribution < -0.4 is 5.73 Å². The van der Waals surface area contributed by atoms with Crippen LogP contribution in [0.15, 0.2) is 47.5 Å². The van der Waals surface area contributed by atoms with Crippen LogP contribution in [-0.2, 0) is 0 Å². The molecule has 19 heavy (non-hydrogen) atoms. The van der Waals surface area contributed by atoms with E-state index in [1.54, 1.807) is 24.4 Å². The average molecular weight is 252 g/mol. The maximum Gasteiger partial charge on any atom is 0.250 e. The first-order valence-corrected chi connectivity index (χ1v) is 6.08. The van der Waals surface area contributed by atoms with Gasteiger partial charge in [0.05, 0.1) is 11.3 Å². The van der Waals surface area contributed by atoms with Gasteiger partial charge in [0.1, 0.15) is 0 Å². The highest BCUT2D eigenvalue weighted by Crippen LogP contribution is 2.19. The van der Waals surface area contributed by atoms with Crippen molar-refractivity contribution in [1.29, 1.82) is 0 Å². The Hall–Kier alpha value is -2.42. The molecule has 0 atom stereocenters. The molecule has 3 nitrogen and oxygen atoms in total. The Morgan fingerprint density at radius 3 is 2.58 bits per heavy atom. The number of benzene rings is 2. The largest absolute Gasteiger partial charge is 0.366 e. The number of carbonyl (C=O) groups excluding carboxylic acids is 1. The number of rotatable bonds is 3. The van der Waals surface area contributed by atoms with E-state index in [4.69, 9.17) is 5.73 Å². The van der Waals surface area contributed by atoms with Gasteiger partial charge in [0.15, 0.2) is 0 Å². The molecule has 0 aliphatic heterocycles. The minimum atomic E-state index is -0.464. The van der Waals surface area contributed by atoms with Gasteiger partial charge in [-0.2, -0.15) is 0 Å². The molecule has 2 aromatic carbocycles. The van der Waals surface area contributed by atoms with Crippen LogP contribution in [0.2, 0.25) is 0 Å². The number of hydrogen-bond donors (Lipinski definition) is 1. The molecule has 0 fully saturated rings. The fraction of sp³-hybridized carbons (Fsp3) is 0.125. The number of aryl methyl sites for hydroxylation is 1. The zero-order valence-electron chi connectivity index (χ0n) is 11.1. The lowest BCUT2D eigenvalue weighted by molar-refractivity contribution is 0.100.